The molecule has 0 saturated carbocycles. The summed E-state index contributed by atoms with van der Waals surface area (Å²) in [5.41, 5.74) is 3.64. The molecule has 2 aromatic heterocycles. The lowest BCUT2D eigenvalue weighted by molar-refractivity contribution is -0.384. The van der Waals surface area contributed by atoms with E-state index in [0.29, 0.717) is 11.4 Å². The van der Waals surface area contributed by atoms with Crippen molar-refractivity contribution in [1.29, 1.82) is 0 Å². The van der Waals surface area contributed by atoms with Gasteiger partial charge in [0.2, 0.25) is 0 Å². The minimum Gasteiger partial charge on any atom is -0.350 e. The number of hydrogen-bond donors (Lipinski definition) is 1. The topological polar surface area (TPSA) is 91.6 Å². The number of hydrogen-bond acceptors (Lipinski definition) is 8. The molecular weight excluding hydrogens is 470 g/mol. The summed E-state index contributed by atoms with van der Waals surface area (Å²) < 4.78 is 2.14. The van der Waals surface area contributed by atoms with Gasteiger partial charge in [0, 0.05) is 61.5 Å². The fraction of sp³-hybridized carbons (Fsp3) is 0.333. The molecule has 2 aromatic carbocycles. The molecule has 0 aliphatic carbocycles. The normalized spacial score (nSPS) is 14.7. The molecular formula is C24H25N5O3S2. The molecule has 34 heavy (non-hydrogen) atoms. The molecule has 1 saturated heterocycles. The quantitative estimate of drug-likeness (QED) is 0.311. The molecule has 1 aliphatic rings. The number of rotatable bonds is 6. The van der Waals surface area contributed by atoms with Gasteiger partial charge in [-0.05, 0) is 37.1 Å². The van der Waals surface area contributed by atoms with Crippen LogP contribution in [0.2, 0.25) is 0 Å². The summed E-state index contributed by atoms with van der Waals surface area (Å²) >= 11 is 3.12. The number of piperazine rings is 1. The second-order valence-electron chi connectivity index (χ2n) is 8.55. The number of thiazole rings is 1. The molecule has 10 heteroatoms. The number of nitrogens with zero attached hydrogens (tertiary/aromatic N) is 4. The van der Waals surface area contributed by atoms with Crippen LogP contribution in [0.1, 0.15) is 20.8 Å². The van der Waals surface area contributed by atoms with E-state index in [1.807, 2.05) is 0 Å². The van der Waals surface area contributed by atoms with Gasteiger partial charge in [-0.3, -0.25) is 19.8 Å². The highest BCUT2D eigenvalue weighted by Crippen LogP contribution is 2.33. The van der Waals surface area contributed by atoms with E-state index < -0.39 is 4.92 Å². The van der Waals surface area contributed by atoms with Crippen molar-refractivity contribution >= 4 is 59.7 Å². The maximum atomic E-state index is 12.6. The summed E-state index contributed by atoms with van der Waals surface area (Å²) in [6.45, 7) is 9.29. The second-order valence-corrected chi connectivity index (χ2v) is 10.6. The number of amides is 1. The van der Waals surface area contributed by atoms with Crippen LogP contribution in [0.5, 0.6) is 0 Å². The number of anilines is 1. The number of thiophene rings is 1. The van der Waals surface area contributed by atoms with Gasteiger partial charge in [0.25, 0.3) is 11.6 Å². The monoisotopic (exact) mass is 495 g/mol. The molecule has 1 N–H and O–H groups in total. The third kappa shape index (κ3) is 4.48. The van der Waals surface area contributed by atoms with E-state index in [0.717, 1.165) is 53.5 Å². The zero-order valence-electron chi connectivity index (χ0n) is 19.0. The van der Waals surface area contributed by atoms with E-state index in [2.05, 4.69) is 41.1 Å². The fourth-order valence-corrected chi connectivity index (χ4v) is 6.34. The number of nitrogens with one attached hydrogen (secondary N) is 1. The number of nitro benzene ring substituents is 1. The number of non-ortho nitro benzene ring substituents is 1. The van der Waals surface area contributed by atoms with Crippen LogP contribution in [0, 0.1) is 24.0 Å². The molecule has 0 unspecified atom stereocenters. The molecule has 0 spiro atoms. The Balaban J connectivity index is 1.13. The summed E-state index contributed by atoms with van der Waals surface area (Å²) in [6.07, 6.45) is 0. The lowest BCUT2D eigenvalue weighted by Crippen LogP contribution is -2.48. The van der Waals surface area contributed by atoms with Crippen LogP contribution in [-0.2, 0) is 0 Å². The van der Waals surface area contributed by atoms with Crippen molar-refractivity contribution in [2.45, 2.75) is 13.8 Å². The van der Waals surface area contributed by atoms with E-state index in [-0.39, 0.29) is 11.6 Å². The van der Waals surface area contributed by atoms with Gasteiger partial charge in [0.1, 0.15) is 0 Å². The van der Waals surface area contributed by atoms with Crippen molar-refractivity contribution in [3.8, 4) is 0 Å². The average molecular weight is 496 g/mol. The average Bonchev–Trinajstić information content (AvgIpc) is 3.47. The van der Waals surface area contributed by atoms with Crippen LogP contribution in [-0.4, -0.2) is 60.0 Å². The largest absolute Gasteiger partial charge is 0.350 e. The number of carbonyl (C=O) groups excluding carboxylic acids is 1. The lowest BCUT2D eigenvalue weighted by Gasteiger charge is -2.34. The number of carbonyl (C=O) groups is 1. The third-order valence-corrected chi connectivity index (χ3v) is 8.59. The van der Waals surface area contributed by atoms with Gasteiger partial charge in [-0.2, -0.15) is 0 Å². The van der Waals surface area contributed by atoms with Crippen molar-refractivity contribution in [3.05, 3.63) is 62.5 Å². The summed E-state index contributed by atoms with van der Waals surface area (Å²) in [5, 5.41) is 15.8. The number of benzene rings is 2. The number of fused-ring (bicyclic) bond motifs is 2. The molecule has 1 aliphatic heterocycles. The predicted molar refractivity (Wildman–Crippen MR) is 139 cm³/mol. The Hall–Kier alpha value is -3.08. The van der Waals surface area contributed by atoms with Crippen molar-refractivity contribution in [2.75, 3.05) is 44.2 Å². The summed E-state index contributed by atoms with van der Waals surface area (Å²) in [5.74, 6) is -0.136. The summed E-state index contributed by atoms with van der Waals surface area (Å²) in [4.78, 5) is 33.3. The van der Waals surface area contributed by atoms with Crippen molar-refractivity contribution in [3.63, 3.8) is 0 Å². The highest BCUT2D eigenvalue weighted by Gasteiger charge is 2.21. The van der Waals surface area contributed by atoms with E-state index in [9.17, 15) is 14.9 Å². The molecule has 176 valence electrons. The van der Waals surface area contributed by atoms with Crippen LogP contribution in [0.4, 0.5) is 10.8 Å². The molecule has 5 rings (SSSR count). The smallest absolute Gasteiger partial charge is 0.270 e. The van der Waals surface area contributed by atoms with Gasteiger partial charge in [0.15, 0.2) is 5.13 Å². The van der Waals surface area contributed by atoms with Crippen molar-refractivity contribution in [2.24, 2.45) is 0 Å². The van der Waals surface area contributed by atoms with Crippen molar-refractivity contribution in [1.82, 2.24) is 15.2 Å². The van der Waals surface area contributed by atoms with Crippen LogP contribution in [0.3, 0.4) is 0 Å². The van der Waals surface area contributed by atoms with Gasteiger partial charge in [-0.25, -0.2) is 4.98 Å². The van der Waals surface area contributed by atoms with Gasteiger partial charge < -0.3 is 10.2 Å². The Labute approximate surface area is 205 Å². The van der Waals surface area contributed by atoms with Crippen LogP contribution < -0.4 is 10.2 Å². The summed E-state index contributed by atoms with van der Waals surface area (Å²) in [6, 6.07) is 10.7. The standard InChI is InChI=1S/C24H25N5O3S2/c1-15-3-4-16(2)22-21(15)26-24(34-22)28-11-9-27(10-12-28)8-7-25-23(30)20-14-17-13-18(29(31)32)5-6-19(17)33-20/h3-6,13-14H,7-12H2,1-2H3,(H,25,30). The van der Waals surface area contributed by atoms with Gasteiger partial charge in [-0.1, -0.05) is 23.5 Å². The molecule has 0 atom stereocenters. The maximum Gasteiger partial charge on any atom is 0.270 e. The van der Waals surface area contributed by atoms with E-state index in [4.69, 9.17) is 4.98 Å². The Morgan fingerprint density at radius 2 is 1.85 bits per heavy atom. The third-order valence-electron chi connectivity index (χ3n) is 6.22. The maximum absolute atomic E-state index is 12.6. The minimum atomic E-state index is -0.421. The molecule has 0 radical (unpaired) electrons. The fourth-order valence-electron chi connectivity index (χ4n) is 4.22. The number of aromatic nitrogens is 1. The SMILES string of the molecule is Cc1ccc(C)c2sc(N3CCN(CCNC(=O)c4cc5cc([N+](=O)[O-])ccc5s4)CC3)nc12. The first-order chi connectivity index (χ1) is 16.4. The highest BCUT2D eigenvalue weighted by molar-refractivity contribution is 7.22. The highest BCUT2D eigenvalue weighted by atomic mass is 32.1. The first kappa shape index (κ1) is 22.7. The van der Waals surface area contributed by atoms with Crippen LogP contribution >= 0.6 is 22.7 Å². The molecule has 1 amide bonds. The van der Waals surface area contributed by atoms with Crippen LogP contribution in [0.15, 0.2) is 36.4 Å². The Kier molecular flexibility index (Phi) is 6.20. The van der Waals surface area contributed by atoms with E-state index in [1.54, 1.807) is 23.5 Å². The molecule has 8 nitrogen and oxygen atoms in total. The molecule has 1 fully saturated rings. The van der Waals surface area contributed by atoms with Gasteiger partial charge in [0.05, 0.1) is 20.0 Å². The lowest BCUT2D eigenvalue weighted by atomic mass is 10.1. The second kappa shape index (κ2) is 9.28. The Bertz CT molecular complexity index is 1350. The first-order valence-electron chi connectivity index (χ1n) is 11.2. The number of nitro groups is 1. The Morgan fingerprint density at radius 1 is 1.09 bits per heavy atom. The van der Waals surface area contributed by atoms with E-state index >= 15 is 0 Å². The van der Waals surface area contributed by atoms with Gasteiger partial charge >= 0.3 is 0 Å². The van der Waals surface area contributed by atoms with Crippen LogP contribution in [0.25, 0.3) is 20.3 Å². The zero-order chi connectivity index (χ0) is 23.8. The summed E-state index contributed by atoms with van der Waals surface area (Å²) in [7, 11) is 0. The molecule has 4 aromatic rings. The minimum absolute atomic E-state index is 0.0347. The number of aryl methyl sites for hydroxylation is 2. The van der Waals surface area contributed by atoms with E-state index in [1.165, 1.54) is 39.3 Å². The molecule has 0 bridgehead atoms. The Morgan fingerprint density at radius 3 is 2.59 bits per heavy atom. The zero-order valence-corrected chi connectivity index (χ0v) is 20.7. The first-order valence-corrected chi connectivity index (χ1v) is 12.8. The van der Waals surface area contributed by atoms with Gasteiger partial charge in [-0.15, -0.1) is 11.3 Å². The van der Waals surface area contributed by atoms with Crippen molar-refractivity contribution < 1.29 is 9.72 Å². The molecule has 3 heterocycles. The predicted octanol–water partition coefficient (Wildman–Crippen LogP) is 4.59.